The van der Waals surface area contributed by atoms with E-state index in [4.69, 9.17) is 17.0 Å². The van der Waals surface area contributed by atoms with Crippen LogP contribution >= 0.6 is 23.8 Å². The van der Waals surface area contributed by atoms with Crippen LogP contribution in [0.5, 0.6) is 5.75 Å². The highest BCUT2D eigenvalue weighted by atomic mass is 32.1. The summed E-state index contributed by atoms with van der Waals surface area (Å²) >= 11 is 7.71. The van der Waals surface area contributed by atoms with Gasteiger partial charge in [-0.15, -0.1) is 0 Å². The molecule has 1 aliphatic heterocycles. The molecule has 0 unspecified atom stereocenters. The van der Waals surface area contributed by atoms with Gasteiger partial charge in [-0.1, -0.05) is 53.6 Å². The number of rotatable bonds is 3. The van der Waals surface area contributed by atoms with Crippen LogP contribution in [0.1, 0.15) is 36.8 Å². The highest BCUT2D eigenvalue weighted by Gasteiger charge is 2.36. The van der Waals surface area contributed by atoms with Gasteiger partial charge >= 0.3 is 0 Å². The minimum absolute atomic E-state index is 0.225. The van der Waals surface area contributed by atoms with Gasteiger partial charge in [0.2, 0.25) is 0 Å². The number of fused-ring (bicyclic) bond motifs is 3. The van der Waals surface area contributed by atoms with Crippen molar-refractivity contribution in [1.82, 2.24) is 3.96 Å². The molecule has 2 aromatic carbocycles. The first-order valence-electron chi connectivity index (χ1n) is 9.22. The maximum atomic E-state index is 5.98. The normalized spacial score (nSPS) is 14.3. The number of aryl methyl sites for hydroxylation is 2. The van der Waals surface area contributed by atoms with Crippen LogP contribution in [-0.2, 0) is 5.54 Å². The molecule has 0 fully saturated rings. The van der Waals surface area contributed by atoms with E-state index in [1.54, 1.807) is 11.5 Å². The fraction of sp³-hybridized carbons (Fsp3) is 0.318. The number of aromatic nitrogens is 1. The number of nitrogens with zero attached hydrogens (tertiary/aromatic N) is 1. The number of ether oxygens (including phenoxy) is 1. The number of benzene rings is 2. The Morgan fingerprint density at radius 2 is 1.96 bits per heavy atom. The summed E-state index contributed by atoms with van der Waals surface area (Å²) in [5.74, 6) is 0.882. The van der Waals surface area contributed by atoms with Crippen LogP contribution in [0.3, 0.4) is 0 Å². The first-order valence-corrected chi connectivity index (χ1v) is 10.4. The molecular weight excluding hydrogens is 372 g/mol. The van der Waals surface area contributed by atoms with Gasteiger partial charge in [-0.2, -0.15) is 0 Å². The fourth-order valence-corrected chi connectivity index (χ4v) is 5.47. The molecule has 1 aliphatic rings. The van der Waals surface area contributed by atoms with E-state index in [-0.39, 0.29) is 5.54 Å². The molecule has 3 aromatic rings. The lowest BCUT2D eigenvalue weighted by molar-refractivity contribution is 0.341. The van der Waals surface area contributed by atoms with E-state index in [0.717, 1.165) is 32.9 Å². The second-order valence-electron chi connectivity index (χ2n) is 7.55. The van der Waals surface area contributed by atoms with Crippen molar-refractivity contribution < 1.29 is 4.74 Å². The standard InChI is InChI=1S/C22H24N2OS2/c1-6-25-17-9-7-8-15-18-20(22(4,5)23-19(15)17)27-24(21(18)26)16-11-10-13(2)12-14(16)3/h7-12,23H,6H2,1-5H3. The molecule has 4 rings (SSSR count). The average Bonchev–Trinajstić information content (AvgIpc) is 2.95. The topological polar surface area (TPSA) is 26.2 Å². The summed E-state index contributed by atoms with van der Waals surface area (Å²) in [5.41, 5.74) is 6.74. The Bertz CT molecular complexity index is 1090. The van der Waals surface area contributed by atoms with Gasteiger partial charge in [0.25, 0.3) is 0 Å². The zero-order valence-corrected chi connectivity index (χ0v) is 18.0. The van der Waals surface area contributed by atoms with Crippen molar-refractivity contribution >= 4 is 29.4 Å². The summed E-state index contributed by atoms with van der Waals surface area (Å²) in [4.78, 5) is 1.26. The van der Waals surface area contributed by atoms with Crippen molar-refractivity contribution in [3.63, 3.8) is 0 Å². The molecule has 5 heteroatoms. The van der Waals surface area contributed by atoms with Crippen LogP contribution in [0.2, 0.25) is 0 Å². The molecule has 0 saturated heterocycles. The van der Waals surface area contributed by atoms with E-state index in [1.165, 1.54) is 16.0 Å². The van der Waals surface area contributed by atoms with Crippen molar-refractivity contribution in [2.24, 2.45) is 0 Å². The van der Waals surface area contributed by atoms with E-state index in [0.29, 0.717) is 6.61 Å². The second kappa shape index (κ2) is 6.50. The molecular formula is C22H24N2OS2. The molecule has 0 radical (unpaired) electrons. The first kappa shape index (κ1) is 18.3. The number of para-hydroxylation sites is 1. The summed E-state index contributed by atoms with van der Waals surface area (Å²) in [6.07, 6.45) is 0. The van der Waals surface area contributed by atoms with E-state index >= 15 is 0 Å². The van der Waals surface area contributed by atoms with E-state index in [9.17, 15) is 0 Å². The van der Waals surface area contributed by atoms with Gasteiger partial charge in [-0.3, -0.25) is 3.96 Å². The maximum absolute atomic E-state index is 5.98. The SMILES string of the molecule is CCOc1cccc2c1NC(C)(C)c1sn(-c3ccc(C)cc3C)c(=S)c1-2. The van der Waals surface area contributed by atoms with Crippen molar-refractivity contribution in [3.8, 4) is 22.6 Å². The average molecular weight is 397 g/mol. The van der Waals surface area contributed by atoms with Crippen LogP contribution in [0, 0.1) is 18.5 Å². The molecule has 1 N–H and O–H groups in total. The van der Waals surface area contributed by atoms with Crippen LogP contribution in [-0.4, -0.2) is 10.6 Å². The van der Waals surface area contributed by atoms with Crippen molar-refractivity contribution in [1.29, 1.82) is 0 Å². The monoisotopic (exact) mass is 396 g/mol. The Morgan fingerprint density at radius 1 is 1.19 bits per heavy atom. The summed E-state index contributed by atoms with van der Waals surface area (Å²) in [6, 6.07) is 12.7. The molecule has 0 saturated carbocycles. The highest BCUT2D eigenvalue weighted by Crippen LogP contribution is 2.50. The van der Waals surface area contributed by atoms with Gasteiger partial charge < -0.3 is 10.1 Å². The Balaban J connectivity index is 2.00. The number of hydrogen-bond acceptors (Lipinski definition) is 4. The molecule has 3 nitrogen and oxygen atoms in total. The van der Waals surface area contributed by atoms with E-state index < -0.39 is 0 Å². The quantitative estimate of drug-likeness (QED) is 0.504. The molecule has 140 valence electrons. The van der Waals surface area contributed by atoms with Crippen molar-refractivity contribution in [2.75, 3.05) is 11.9 Å². The molecule has 0 atom stereocenters. The maximum Gasteiger partial charge on any atom is 0.143 e. The number of nitrogens with one attached hydrogen (secondary N) is 1. The summed E-state index contributed by atoms with van der Waals surface area (Å²) in [7, 11) is 0. The van der Waals surface area contributed by atoms with Gasteiger partial charge in [-0.25, -0.2) is 0 Å². The summed E-state index contributed by atoms with van der Waals surface area (Å²) < 4.78 is 8.94. The lowest BCUT2D eigenvalue weighted by Crippen LogP contribution is -2.30. The predicted octanol–water partition coefficient (Wildman–Crippen LogP) is 6.61. The Kier molecular flexibility index (Phi) is 4.40. The minimum Gasteiger partial charge on any atom is -0.492 e. The van der Waals surface area contributed by atoms with Gasteiger partial charge in [0.05, 0.1) is 28.4 Å². The zero-order valence-electron chi connectivity index (χ0n) is 16.3. The van der Waals surface area contributed by atoms with Crippen molar-refractivity contribution in [2.45, 2.75) is 40.2 Å². The van der Waals surface area contributed by atoms with Crippen LogP contribution in [0.25, 0.3) is 16.8 Å². The third-order valence-corrected chi connectivity index (χ3v) is 6.94. The van der Waals surface area contributed by atoms with Crippen LogP contribution < -0.4 is 10.1 Å². The first-order chi connectivity index (χ1) is 12.8. The molecule has 0 aliphatic carbocycles. The lowest BCUT2D eigenvalue weighted by atomic mass is 9.89. The van der Waals surface area contributed by atoms with Gasteiger partial charge in [0.1, 0.15) is 10.4 Å². The van der Waals surface area contributed by atoms with E-state index in [1.807, 2.05) is 19.1 Å². The lowest BCUT2D eigenvalue weighted by Gasteiger charge is -2.34. The van der Waals surface area contributed by atoms with E-state index in [2.05, 4.69) is 61.2 Å². The summed E-state index contributed by atoms with van der Waals surface area (Å²) in [6.45, 7) is 11.3. The van der Waals surface area contributed by atoms with Crippen molar-refractivity contribution in [3.05, 3.63) is 57.0 Å². The zero-order chi connectivity index (χ0) is 19.3. The van der Waals surface area contributed by atoms with Crippen LogP contribution in [0.4, 0.5) is 5.69 Å². The minimum atomic E-state index is -0.225. The Morgan fingerprint density at radius 3 is 2.67 bits per heavy atom. The molecule has 2 heterocycles. The van der Waals surface area contributed by atoms with Crippen LogP contribution in [0.15, 0.2) is 36.4 Å². The number of hydrogen-bond donors (Lipinski definition) is 1. The smallest absolute Gasteiger partial charge is 0.143 e. The largest absolute Gasteiger partial charge is 0.492 e. The van der Waals surface area contributed by atoms with Gasteiger partial charge in [-0.05, 0) is 52.3 Å². The third-order valence-electron chi connectivity index (χ3n) is 4.98. The van der Waals surface area contributed by atoms with Gasteiger partial charge in [0.15, 0.2) is 0 Å². The molecule has 27 heavy (non-hydrogen) atoms. The highest BCUT2D eigenvalue weighted by molar-refractivity contribution is 7.71. The van der Waals surface area contributed by atoms with Gasteiger partial charge in [0, 0.05) is 11.1 Å². The predicted molar refractivity (Wildman–Crippen MR) is 117 cm³/mol. The summed E-state index contributed by atoms with van der Waals surface area (Å²) in [5, 5.41) is 3.69. The Labute approximate surface area is 169 Å². The molecule has 1 aromatic heterocycles. The fourth-order valence-electron chi connectivity index (χ4n) is 3.75. The molecule has 0 spiro atoms. The number of anilines is 1. The second-order valence-corrected chi connectivity index (χ2v) is 8.89. The molecule has 0 bridgehead atoms. The molecule has 0 amide bonds. The third kappa shape index (κ3) is 2.89. The Hall–Kier alpha value is -2.11.